The summed E-state index contributed by atoms with van der Waals surface area (Å²) in [7, 11) is -4.03. The first-order valence-electron chi connectivity index (χ1n) is 10.8. The highest BCUT2D eigenvalue weighted by Gasteiger charge is 2.26. The van der Waals surface area contributed by atoms with Crippen molar-refractivity contribution in [3.63, 3.8) is 0 Å². The van der Waals surface area contributed by atoms with Crippen molar-refractivity contribution in [1.82, 2.24) is 9.73 Å². The molecule has 0 saturated carbocycles. The number of hydrazone groups is 1. The molecular weight excluding hydrogens is 523 g/mol. The molecule has 0 atom stereocenters. The second-order valence-electron chi connectivity index (χ2n) is 7.74. The van der Waals surface area contributed by atoms with Gasteiger partial charge in [-0.25, -0.2) is 13.8 Å². The number of anilines is 1. The zero-order valence-electron chi connectivity index (χ0n) is 19.3. The number of nitrogens with zero attached hydrogens (tertiary/aromatic N) is 2. The molecule has 36 heavy (non-hydrogen) atoms. The third kappa shape index (κ3) is 7.89. The number of carbonyl (C=O) groups is 2. The van der Waals surface area contributed by atoms with Crippen LogP contribution in [0.4, 0.5) is 5.69 Å². The second-order valence-corrected chi connectivity index (χ2v) is 10.5. The predicted molar refractivity (Wildman–Crippen MR) is 142 cm³/mol. The topological polar surface area (TPSA) is 108 Å². The summed E-state index contributed by atoms with van der Waals surface area (Å²) in [6.45, 7) is 0.978. The van der Waals surface area contributed by atoms with Gasteiger partial charge < -0.3 is 5.32 Å². The van der Waals surface area contributed by atoms with Crippen molar-refractivity contribution in [2.24, 2.45) is 5.10 Å². The fourth-order valence-corrected chi connectivity index (χ4v) is 5.08. The standard InChI is InChI=1S/C25H24Cl2N4O4S/c1-18(32)29-22-9-11-23(12-10-22)36(34,35)31(14-13-19-5-3-2-4-6-19)17-25(33)30-28-16-20-7-8-21(26)15-24(20)27/h2-12,15-16H,13-14,17H2,1H3,(H,29,32)(H,30,33)/b28-16-. The minimum absolute atomic E-state index is 0.00564. The Morgan fingerprint density at radius 2 is 1.69 bits per heavy atom. The maximum Gasteiger partial charge on any atom is 0.255 e. The van der Waals surface area contributed by atoms with Gasteiger partial charge in [-0.2, -0.15) is 9.41 Å². The molecule has 0 heterocycles. The Hall–Kier alpha value is -3.24. The molecule has 0 unspecified atom stereocenters. The van der Waals surface area contributed by atoms with Crippen molar-refractivity contribution in [2.45, 2.75) is 18.2 Å². The summed E-state index contributed by atoms with van der Waals surface area (Å²) in [6, 6.07) is 19.9. The maximum absolute atomic E-state index is 13.4. The first kappa shape index (κ1) is 27.3. The molecular formula is C25H24Cl2N4O4S. The molecule has 0 bridgehead atoms. The molecule has 3 aromatic carbocycles. The Morgan fingerprint density at radius 1 is 1.00 bits per heavy atom. The van der Waals surface area contributed by atoms with Crippen molar-refractivity contribution >= 4 is 56.9 Å². The van der Waals surface area contributed by atoms with Gasteiger partial charge in [0.05, 0.1) is 22.7 Å². The van der Waals surface area contributed by atoms with Gasteiger partial charge in [0, 0.05) is 29.7 Å². The van der Waals surface area contributed by atoms with Gasteiger partial charge in [-0.05, 0) is 48.4 Å². The van der Waals surface area contributed by atoms with E-state index in [2.05, 4.69) is 15.8 Å². The van der Waals surface area contributed by atoms with Crippen molar-refractivity contribution in [3.8, 4) is 0 Å². The molecule has 3 aromatic rings. The van der Waals surface area contributed by atoms with Crippen LogP contribution in [0, 0.1) is 0 Å². The minimum atomic E-state index is -4.03. The van der Waals surface area contributed by atoms with Gasteiger partial charge >= 0.3 is 0 Å². The molecule has 0 fully saturated rings. The quantitative estimate of drug-likeness (QED) is 0.291. The Morgan fingerprint density at radius 3 is 2.33 bits per heavy atom. The van der Waals surface area contributed by atoms with E-state index in [9.17, 15) is 18.0 Å². The molecule has 188 valence electrons. The van der Waals surface area contributed by atoms with Crippen LogP contribution in [0.5, 0.6) is 0 Å². The van der Waals surface area contributed by atoms with Crippen LogP contribution in [-0.4, -0.2) is 43.8 Å². The van der Waals surface area contributed by atoms with Gasteiger partial charge in [0.25, 0.3) is 5.91 Å². The minimum Gasteiger partial charge on any atom is -0.326 e. The average molecular weight is 547 g/mol. The van der Waals surface area contributed by atoms with Gasteiger partial charge in [0.2, 0.25) is 15.9 Å². The summed E-state index contributed by atoms with van der Waals surface area (Å²) in [5, 5.41) is 7.29. The highest BCUT2D eigenvalue weighted by molar-refractivity contribution is 7.89. The molecule has 2 amide bonds. The van der Waals surface area contributed by atoms with E-state index in [-0.39, 0.29) is 17.3 Å². The first-order valence-corrected chi connectivity index (χ1v) is 13.0. The van der Waals surface area contributed by atoms with Crippen molar-refractivity contribution < 1.29 is 18.0 Å². The number of hydrogen-bond donors (Lipinski definition) is 2. The number of carbonyl (C=O) groups excluding carboxylic acids is 2. The Labute approximate surface area is 220 Å². The number of sulfonamides is 1. The van der Waals surface area contributed by atoms with Crippen LogP contribution in [0.25, 0.3) is 0 Å². The van der Waals surface area contributed by atoms with E-state index in [0.717, 1.165) is 9.87 Å². The molecule has 0 spiro atoms. The molecule has 0 aromatic heterocycles. The molecule has 0 aliphatic heterocycles. The Balaban J connectivity index is 1.76. The van der Waals surface area contributed by atoms with Crippen molar-refractivity contribution in [3.05, 3.63) is 94.0 Å². The average Bonchev–Trinajstić information content (AvgIpc) is 2.83. The number of hydrogen-bond acceptors (Lipinski definition) is 5. The molecule has 0 saturated heterocycles. The molecule has 11 heteroatoms. The van der Waals surface area contributed by atoms with Crippen molar-refractivity contribution in [2.75, 3.05) is 18.4 Å². The van der Waals surface area contributed by atoms with Crippen LogP contribution in [-0.2, 0) is 26.0 Å². The fraction of sp³-hybridized carbons (Fsp3) is 0.160. The summed E-state index contributed by atoms with van der Waals surface area (Å²) in [5.41, 5.74) is 4.27. The van der Waals surface area contributed by atoms with E-state index in [4.69, 9.17) is 23.2 Å². The van der Waals surface area contributed by atoms with Gasteiger partial charge in [-0.1, -0.05) is 59.6 Å². The van der Waals surface area contributed by atoms with Crippen LogP contribution in [0.15, 0.2) is 82.8 Å². The van der Waals surface area contributed by atoms with E-state index in [1.54, 1.807) is 18.2 Å². The van der Waals surface area contributed by atoms with Crippen molar-refractivity contribution in [1.29, 1.82) is 0 Å². The fourth-order valence-electron chi connectivity index (χ4n) is 3.22. The number of benzene rings is 3. The summed E-state index contributed by atoms with van der Waals surface area (Å²) < 4.78 is 27.9. The van der Waals surface area contributed by atoms with Crippen LogP contribution < -0.4 is 10.7 Å². The largest absolute Gasteiger partial charge is 0.326 e. The van der Waals surface area contributed by atoms with E-state index in [1.165, 1.54) is 37.4 Å². The third-order valence-electron chi connectivity index (χ3n) is 4.98. The van der Waals surface area contributed by atoms with E-state index in [0.29, 0.717) is 27.7 Å². The molecule has 0 aliphatic rings. The lowest BCUT2D eigenvalue weighted by Crippen LogP contribution is -2.40. The lowest BCUT2D eigenvalue weighted by atomic mass is 10.1. The van der Waals surface area contributed by atoms with Crippen LogP contribution in [0.1, 0.15) is 18.1 Å². The lowest BCUT2D eigenvalue weighted by molar-refractivity contribution is -0.121. The number of nitrogens with one attached hydrogen (secondary N) is 2. The molecule has 2 N–H and O–H groups in total. The van der Waals surface area contributed by atoms with Gasteiger partial charge in [-0.15, -0.1) is 0 Å². The van der Waals surface area contributed by atoms with Gasteiger partial charge in [-0.3, -0.25) is 9.59 Å². The zero-order valence-corrected chi connectivity index (χ0v) is 21.6. The molecule has 3 rings (SSSR count). The second kappa shape index (κ2) is 12.6. The van der Waals surface area contributed by atoms with E-state index >= 15 is 0 Å². The lowest BCUT2D eigenvalue weighted by Gasteiger charge is -2.21. The van der Waals surface area contributed by atoms with E-state index in [1.807, 2.05) is 30.3 Å². The van der Waals surface area contributed by atoms with Gasteiger partial charge in [0.1, 0.15) is 0 Å². The Kier molecular flexibility index (Phi) is 9.60. The first-order chi connectivity index (χ1) is 17.1. The van der Waals surface area contributed by atoms with Crippen LogP contribution >= 0.6 is 23.2 Å². The zero-order chi connectivity index (χ0) is 26.1. The van der Waals surface area contributed by atoms with Crippen LogP contribution in [0.3, 0.4) is 0 Å². The number of amides is 2. The van der Waals surface area contributed by atoms with Crippen LogP contribution in [0.2, 0.25) is 10.0 Å². The summed E-state index contributed by atoms with van der Waals surface area (Å²) in [5.74, 6) is -0.893. The molecule has 8 nitrogen and oxygen atoms in total. The predicted octanol–water partition coefficient (Wildman–Crippen LogP) is 4.34. The summed E-state index contributed by atoms with van der Waals surface area (Å²) in [4.78, 5) is 23.9. The number of rotatable bonds is 10. The summed E-state index contributed by atoms with van der Waals surface area (Å²) in [6.07, 6.45) is 1.75. The maximum atomic E-state index is 13.4. The Bertz CT molecular complexity index is 1350. The van der Waals surface area contributed by atoms with E-state index < -0.39 is 22.5 Å². The van der Waals surface area contributed by atoms with Gasteiger partial charge in [0.15, 0.2) is 0 Å². The third-order valence-corrected chi connectivity index (χ3v) is 7.40. The highest BCUT2D eigenvalue weighted by atomic mass is 35.5. The monoisotopic (exact) mass is 546 g/mol. The normalized spacial score (nSPS) is 11.6. The highest BCUT2D eigenvalue weighted by Crippen LogP contribution is 2.20. The molecule has 0 aliphatic carbocycles. The number of halogens is 2. The smallest absolute Gasteiger partial charge is 0.255 e. The molecule has 0 radical (unpaired) electrons. The SMILES string of the molecule is CC(=O)Nc1ccc(S(=O)(=O)N(CCc2ccccc2)CC(=O)N/N=C\c2ccc(Cl)cc2Cl)cc1. The summed E-state index contributed by atoms with van der Waals surface area (Å²) >= 11 is 12.0.